The SMILES string of the molecule is c1ccc(CCCCCCCCc2ccc(Oc3ccccc3)cc2)cc1. The Morgan fingerprint density at radius 3 is 1.44 bits per heavy atom. The van der Waals surface area contributed by atoms with Crippen LogP contribution in [-0.2, 0) is 12.8 Å². The molecule has 3 rings (SSSR count). The number of aryl methyl sites for hydroxylation is 2. The second kappa shape index (κ2) is 11.2. The van der Waals surface area contributed by atoms with Gasteiger partial charge in [-0.1, -0.05) is 86.3 Å². The molecule has 0 radical (unpaired) electrons. The Bertz CT molecular complexity index is 747. The lowest BCUT2D eigenvalue weighted by atomic mass is 10.0. The molecule has 0 N–H and O–H groups in total. The van der Waals surface area contributed by atoms with Crippen molar-refractivity contribution in [3.8, 4) is 11.5 Å². The molecule has 140 valence electrons. The summed E-state index contributed by atoms with van der Waals surface area (Å²) >= 11 is 0. The van der Waals surface area contributed by atoms with Gasteiger partial charge in [0, 0.05) is 0 Å². The second-order valence-corrected chi connectivity index (χ2v) is 7.17. The second-order valence-electron chi connectivity index (χ2n) is 7.17. The van der Waals surface area contributed by atoms with Crippen molar-refractivity contribution in [3.05, 3.63) is 96.1 Å². The fourth-order valence-corrected chi connectivity index (χ4v) is 3.36. The molecule has 0 amide bonds. The lowest BCUT2D eigenvalue weighted by molar-refractivity contribution is 0.482. The molecule has 0 spiro atoms. The molecule has 0 unspecified atom stereocenters. The summed E-state index contributed by atoms with van der Waals surface area (Å²) in [7, 11) is 0. The third-order valence-corrected chi connectivity index (χ3v) is 4.93. The molecule has 0 saturated carbocycles. The van der Waals surface area contributed by atoms with Crippen LogP contribution in [0.15, 0.2) is 84.9 Å². The van der Waals surface area contributed by atoms with E-state index in [0.29, 0.717) is 0 Å². The standard InChI is InChI=1S/C26H30O/c1(3-7-13-23-14-9-5-10-15-23)2-4-8-16-24-19-21-26(22-20-24)27-25-17-11-6-12-18-25/h5-6,9-12,14-15,17-22H,1-4,7-8,13,16H2. The first-order chi connectivity index (χ1) is 13.4. The van der Waals surface area contributed by atoms with Gasteiger partial charge in [0.1, 0.15) is 11.5 Å². The zero-order chi connectivity index (χ0) is 18.6. The van der Waals surface area contributed by atoms with Crippen molar-refractivity contribution in [1.29, 1.82) is 0 Å². The van der Waals surface area contributed by atoms with Gasteiger partial charge in [-0.2, -0.15) is 0 Å². The van der Waals surface area contributed by atoms with Gasteiger partial charge >= 0.3 is 0 Å². The maximum Gasteiger partial charge on any atom is 0.127 e. The number of rotatable bonds is 11. The van der Waals surface area contributed by atoms with Crippen molar-refractivity contribution in [3.63, 3.8) is 0 Å². The van der Waals surface area contributed by atoms with Crippen molar-refractivity contribution in [2.75, 3.05) is 0 Å². The fraction of sp³-hybridized carbons (Fsp3) is 0.308. The van der Waals surface area contributed by atoms with Gasteiger partial charge in [-0.05, 0) is 61.1 Å². The molecular formula is C26H30O. The lowest BCUT2D eigenvalue weighted by Gasteiger charge is -2.07. The van der Waals surface area contributed by atoms with E-state index in [1.165, 1.54) is 56.1 Å². The summed E-state index contributed by atoms with van der Waals surface area (Å²) < 4.78 is 5.85. The molecular weight excluding hydrogens is 328 g/mol. The Hall–Kier alpha value is -2.54. The van der Waals surface area contributed by atoms with E-state index in [1.807, 2.05) is 30.3 Å². The van der Waals surface area contributed by atoms with E-state index in [4.69, 9.17) is 4.74 Å². The van der Waals surface area contributed by atoms with Crippen molar-refractivity contribution >= 4 is 0 Å². The highest BCUT2D eigenvalue weighted by molar-refractivity contribution is 5.32. The largest absolute Gasteiger partial charge is 0.457 e. The van der Waals surface area contributed by atoms with E-state index in [9.17, 15) is 0 Å². The number of hydrogen-bond acceptors (Lipinski definition) is 1. The molecule has 0 aliphatic carbocycles. The summed E-state index contributed by atoms with van der Waals surface area (Å²) in [5, 5.41) is 0. The van der Waals surface area contributed by atoms with E-state index < -0.39 is 0 Å². The quantitative estimate of drug-likeness (QED) is 0.321. The Kier molecular flexibility index (Phi) is 8.00. The first-order valence-electron chi connectivity index (χ1n) is 10.3. The summed E-state index contributed by atoms with van der Waals surface area (Å²) in [5.41, 5.74) is 2.87. The third-order valence-electron chi connectivity index (χ3n) is 4.93. The summed E-state index contributed by atoms with van der Waals surface area (Å²) in [6, 6.07) is 29.3. The summed E-state index contributed by atoms with van der Waals surface area (Å²) in [6.45, 7) is 0. The molecule has 0 atom stereocenters. The molecule has 1 heteroatoms. The van der Waals surface area contributed by atoms with Crippen LogP contribution >= 0.6 is 0 Å². The van der Waals surface area contributed by atoms with Gasteiger partial charge in [-0.25, -0.2) is 0 Å². The average Bonchev–Trinajstić information content (AvgIpc) is 2.73. The first kappa shape index (κ1) is 19.2. The number of benzene rings is 3. The van der Waals surface area contributed by atoms with Crippen molar-refractivity contribution in [2.24, 2.45) is 0 Å². The van der Waals surface area contributed by atoms with Crippen molar-refractivity contribution in [2.45, 2.75) is 51.4 Å². The average molecular weight is 359 g/mol. The van der Waals surface area contributed by atoms with Crippen LogP contribution in [0, 0.1) is 0 Å². The van der Waals surface area contributed by atoms with Crippen LogP contribution in [0.3, 0.4) is 0 Å². The molecule has 1 nitrogen and oxygen atoms in total. The smallest absolute Gasteiger partial charge is 0.127 e. The van der Waals surface area contributed by atoms with Gasteiger partial charge in [0.05, 0.1) is 0 Å². The zero-order valence-corrected chi connectivity index (χ0v) is 16.1. The van der Waals surface area contributed by atoms with E-state index in [2.05, 4.69) is 54.6 Å². The Labute approximate surface area is 164 Å². The van der Waals surface area contributed by atoms with Crippen LogP contribution in [0.5, 0.6) is 11.5 Å². The summed E-state index contributed by atoms with van der Waals surface area (Å²) in [4.78, 5) is 0. The van der Waals surface area contributed by atoms with Gasteiger partial charge in [0.2, 0.25) is 0 Å². The Balaban J connectivity index is 1.25. The van der Waals surface area contributed by atoms with Crippen LogP contribution in [0.4, 0.5) is 0 Å². The first-order valence-corrected chi connectivity index (χ1v) is 10.3. The van der Waals surface area contributed by atoms with Crippen molar-refractivity contribution in [1.82, 2.24) is 0 Å². The highest BCUT2D eigenvalue weighted by Gasteiger charge is 1.99. The molecule has 27 heavy (non-hydrogen) atoms. The Morgan fingerprint density at radius 1 is 0.407 bits per heavy atom. The summed E-state index contributed by atoms with van der Waals surface area (Å²) in [5.74, 6) is 1.79. The molecule has 0 aliphatic rings. The third kappa shape index (κ3) is 7.30. The number of hydrogen-bond donors (Lipinski definition) is 0. The van der Waals surface area contributed by atoms with E-state index >= 15 is 0 Å². The molecule has 3 aromatic carbocycles. The topological polar surface area (TPSA) is 9.23 Å². The molecule has 0 fully saturated rings. The molecule has 3 aromatic rings. The van der Waals surface area contributed by atoms with Crippen LogP contribution in [0.1, 0.15) is 49.7 Å². The lowest BCUT2D eigenvalue weighted by Crippen LogP contribution is -1.89. The zero-order valence-electron chi connectivity index (χ0n) is 16.1. The minimum Gasteiger partial charge on any atom is -0.457 e. The minimum absolute atomic E-state index is 0.887. The Morgan fingerprint density at radius 2 is 0.852 bits per heavy atom. The van der Waals surface area contributed by atoms with Crippen LogP contribution in [0.2, 0.25) is 0 Å². The highest BCUT2D eigenvalue weighted by Crippen LogP contribution is 2.21. The van der Waals surface area contributed by atoms with Gasteiger partial charge in [0.25, 0.3) is 0 Å². The normalized spacial score (nSPS) is 10.7. The fourth-order valence-electron chi connectivity index (χ4n) is 3.36. The number of unbranched alkanes of at least 4 members (excludes halogenated alkanes) is 5. The van der Waals surface area contributed by atoms with Crippen molar-refractivity contribution < 1.29 is 4.74 Å². The van der Waals surface area contributed by atoms with E-state index in [1.54, 1.807) is 0 Å². The van der Waals surface area contributed by atoms with Gasteiger partial charge in [-0.15, -0.1) is 0 Å². The highest BCUT2D eigenvalue weighted by atomic mass is 16.5. The van der Waals surface area contributed by atoms with E-state index in [-0.39, 0.29) is 0 Å². The van der Waals surface area contributed by atoms with Gasteiger partial charge in [-0.3, -0.25) is 0 Å². The van der Waals surface area contributed by atoms with Crippen LogP contribution in [-0.4, -0.2) is 0 Å². The molecule has 0 aromatic heterocycles. The van der Waals surface area contributed by atoms with E-state index in [0.717, 1.165) is 17.9 Å². The molecule has 0 aliphatic heterocycles. The monoisotopic (exact) mass is 358 g/mol. The summed E-state index contributed by atoms with van der Waals surface area (Å²) in [6.07, 6.45) is 10.4. The maximum atomic E-state index is 5.85. The number of ether oxygens (including phenoxy) is 1. The van der Waals surface area contributed by atoms with Crippen LogP contribution in [0.25, 0.3) is 0 Å². The number of para-hydroxylation sites is 1. The molecule has 0 heterocycles. The predicted octanol–water partition coefficient (Wildman–Crippen LogP) is 7.60. The van der Waals surface area contributed by atoms with Gasteiger partial charge < -0.3 is 4.74 Å². The van der Waals surface area contributed by atoms with Crippen LogP contribution < -0.4 is 4.74 Å². The molecule has 0 bridgehead atoms. The van der Waals surface area contributed by atoms with Gasteiger partial charge in [0.15, 0.2) is 0 Å². The molecule has 0 saturated heterocycles. The predicted molar refractivity (Wildman–Crippen MR) is 115 cm³/mol. The minimum atomic E-state index is 0.887. The maximum absolute atomic E-state index is 5.85.